The van der Waals surface area contributed by atoms with E-state index in [0.29, 0.717) is 6.42 Å². The molecule has 0 bridgehead atoms. The van der Waals surface area contributed by atoms with E-state index in [1.165, 1.54) is 0 Å². The van der Waals surface area contributed by atoms with Gasteiger partial charge in [0.25, 0.3) is 0 Å². The average molecular weight is 370 g/mol. The maximum atomic E-state index is 11.9. The van der Waals surface area contributed by atoms with Gasteiger partial charge in [-0.3, -0.25) is 4.79 Å². The molecular formula is C17H22O9. The molecule has 9 nitrogen and oxygen atoms in total. The number of carbonyl (C=O) groups excluding carboxylic acids is 1. The molecule has 1 fully saturated rings. The van der Waals surface area contributed by atoms with Crippen molar-refractivity contribution in [1.29, 1.82) is 0 Å². The van der Waals surface area contributed by atoms with Gasteiger partial charge >= 0.3 is 11.9 Å². The van der Waals surface area contributed by atoms with Crippen molar-refractivity contribution >= 4 is 11.9 Å². The van der Waals surface area contributed by atoms with E-state index in [0.717, 1.165) is 5.56 Å². The number of rotatable bonds is 7. The van der Waals surface area contributed by atoms with Gasteiger partial charge in [-0.25, -0.2) is 4.79 Å². The average Bonchev–Trinajstić information content (AvgIpc) is 2.61. The number of hydrogen-bond acceptors (Lipinski definition) is 8. The molecule has 0 aromatic heterocycles. The summed E-state index contributed by atoms with van der Waals surface area (Å²) in [6, 6.07) is 9.19. The zero-order valence-corrected chi connectivity index (χ0v) is 13.8. The summed E-state index contributed by atoms with van der Waals surface area (Å²) in [5, 5.41) is 47.9. The monoisotopic (exact) mass is 370 g/mol. The highest BCUT2D eigenvalue weighted by atomic mass is 16.7. The number of carbonyl (C=O) groups is 2. The van der Waals surface area contributed by atoms with Crippen molar-refractivity contribution in [2.45, 2.75) is 56.1 Å². The van der Waals surface area contributed by atoms with E-state index < -0.39 is 48.7 Å². The first-order chi connectivity index (χ1) is 12.3. The van der Waals surface area contributed by atoms with Gasteiger partial charge in [-0.05, 0) is 18.4 Å². The fraction of sp³-hybridized carbons (Fsp3) is 0.529. The van der Waals surface area contributed by atoms with Crippen LogP contribution in [0.25, 0.3) is 0 Å². The lowest BCUT2D eigenvalue weighted by molar-refractivity contribution is -0.286. The summed E-state index contributed by atoms with van der Waals surface area (Å²) in [6.45, 7) is 0. The maximum Gasteiger partial charge on any atom is 0.335 e. The molecule has 1 aliphatic rings. The third-order valence-electron chi connectivity index (χ3n) is 4.06. The predicted molar refractivity (Wildman–Crippen MR) is 85.8 cm³/mol. The largest absolute Gasteiger partial charge is 0.479 e. The lowest BCUT2D eigenvalue weighted by atomic mass is 9.99. The molecule has 2 unspecified atom stereocenters. The summed E-state index contributed by atoms with van der Waals surface area (Å²) < 4.78 is 9.70. The molecule has 0 radical (unpaired) electrons. The minimum Gasteiger partial charge on any atom is -0.479 e. The van der Waals surface area contributed by atoms with Crippen molar-refractivity contribution in [2.75, 3.05) is 0 Å². The van der Waals surface area contributed by atoms with Crippen LogP contribution in [0.15, 0.2) is 30.3 Å². The summed E-state index contributed by atoms with van der Waals surface area (Å²) >= 11 is 0. The minimum atomic E-state index is -1.86. The molecule has 1 saturated heterocycles. The molecule has 0 amide bonds. The van der Waals surface area contributed by atoms with Crippen molar-refractivity contribution in [2.24, 2.45) is 0 Å². The zero-order chi connectivity index (χ0) is 19.3. The maximum absolute atomic E-state index is 11.9. The first kappa shape index (κ1) is 20.3. The van der Waals surface area contributed by atoms with Crippen LogP contribution in [0.3, 0.4) is 0 Å². The quantitative estimate of drug-likeness (QED) is 0.373. The molecule has 1 aliphatic heterocycles. The fourth-order valence-electron chi connectivity index (χ4n) is 2.61. The molecule has 2 rings (SSSR count). The SMILES string of the molecule is O=C(CCC(O)Cc1ccccc1)OC1O[C@@H](C(=O)O)[C@H](O)[C@@H](O)[C@@H]1O. The number of benzene rings is 1. The van der Waals surface area contributed by atoms with Crippen molar-refractivity contribution < 1.29 is 44.6 Å². The van der Waals surface area contributed by atoms with Gasteiger partial charge in [-0.15, -0.1) is 0 Å². The molecule has 0 spiro atoms. The van der Waals surface area contributed by atoms with Crippen LogP contribution in [0, 0.1) is 0 Å². The van der Waals surface area contributed by atoms with Crippen LogP contribution in [-0.2, 0) is 25.5 Å². The second kappa shape index (κ2) is 9.06. The number of aliphatic carboxylic acids is 1. The molecular weight excluding hydrogens is 348 g/mol. The molecule has 1 heterocycles. The van der Waals surface area contributed by atoms with Crippen LogP contribution in [0.4, 0.5) is 0 Å². The highest BCUT2D eigenvalue weighted by Crippen LogP contribution is 2.23. The summed E-state index contributed by atoms with van der Waals surface area (Å²) in [6.07, 6.45) is -9.61. The Labute approximate surface area is 149 Å². The normalized spacial score (nSPS) is 29.8. The van der Waals surface area contributed by atoms with Gasteiger partial charge in [0.05, 0.1) is 6.10 Å². The van der Waals surface area contributed by atoms with Gasteiger partial charge in [0.1, 0.15) is 18.3 Å². The van der Waals surface area contributed by atoms with Gasteiger partial charge in [-0.2, -0.15) is 0 Å². The van der Waals surface area contributed by atoms with E-state index >= 15 is 0 Å². The van der Waals surface area contributed by atoms with E-state index in [9.17, 15) is 30.0 Å². The Morgan fingerprint density at radius 2 is 1.73 bits per heavy atom. The smallest absolute Gasteiger partial charge is 0.335 e. The number of carboxylic acids is 1. The van der Waals surface area contributed by atoms with Crippen LogP contribution in [0.1, 0.15) is 18.4 Å². The highest BCUT2D eigenvalue weighted by molar-refractivity contribution is 5.73. The predicted octanol–water partition coefficient (Wildman–Crippen LogP) is -1.19. The standard InChI is InChI=1S/C17H22O9/c18-10(8-9-4-2-1-3-5-9)6-7-11(19)25-17-14(22)12(20)13(21)15(26-17)16(23)24/h1-5,10,12-15,17-18,20-22H,6-8H2,(H,23,24)/t10?,12-,13-,14+,15-,17?/m1/s1. The Morgan fingerprint density at radius 3 is 2.35 bits per heavy atom. The summed E-state index contributed by atoms with van der Waals surface area (Å²) in [4.78, 5) is 22.8. The summed E-state index contributed by atoms with van der Waals surface area (Å²) in [5.74, 6) is -2.41. The Balaban J connectivity index is 1.83. The Bertz CT molecular complexity index is 606. The first-order valence-electron chi connectivity index (χ1n) is 8.13. The van der Waals surface area contributed by atoms with Crippen LogP contribution in [-0.4, -0.2) is 74.3 Å². The van der Waals surface area contributed by atoms with E-state index in [1.54, 1.807) is 0 Å². The second-order valence-electron chi connectivity index (χ2n) is 6.11. The highest BCUT2D eigenvalue weighted by Gasteiger charge is 2.48. The molecule has 5 N–H and O–H groups in total. The molecule has 6 atom stereocenters. The Morgan fingerprint density at radius 1 is 1.08 bits per heavy atom. The van der Waals surface area contributed by atoms with Crippen LogP contribution >= 0.6 is 0 Å². The number of esters is 1. The van der Waals surface area contributed by atoms with Crippen molar-refractivity contribution in [3.63, 3.8) is 0 Å². The van der Waals surface area contributed by atoms with Crippen LogP contribution < -0.4 is 0 Å². The van der Waals surface area contributed by atoms with Gasteiger partial charge < -0.3 is 35.0 Å². The van der Waals surface area contributed by atoms with E-state index in [4.69, 9.17) is 14.6 Å². The number of ether oxygens (including phenoxy) is 2. The van der Waals surface area contributed by atoms with Crippen molar-refractivity contribution in [3.05, 3.63) is 35.9 Å². The molecule has 26 heavy (non-hydrogen) atoms. The third kappa shape index (κ3) is 5.23. The number of hydrogen-bond donors (Lipinski definition) is 5. The zero-order valence-electron chi connectivity index (χ0n) is 13.8. The Kier molecular flexibility index (Phi) is 7.06. The Hall–Kier alpha value is -2.04. The van der Waals surface area contributed by atoms with E-state index in [2.05, 4.69) is 0 Å². The van der Waals surface area contributed by atoms with E-state index in [1.807, 2.05) is 30.3 Å². The fourth-order valence-corrected chi connectivity index (χ4v) is 2.61. The minimum absolute atomic E-state index is 0.0874. The molecule has 9 heteroatoms. The number of aliphatic hydroxyl groups is 4. The summed E-state index contributed by atoms with van der Waals surface area (Å²) in [5.41, 5.74) is 0.904. The topological polar surface area (TPSA) is 154 Å². The number of carboxylic acid groups (broad SMARTS) is 1. The molecule has 0 saturated carbocycles. The van der Waals surface area contributed by atoms with Crippen LogP contribution in [0.5, 0.6) is 0 Å². The van der Waals surface area contributed by atoms with E-state index in [-0.39, 0.29) is 12.8 Å². The molecule has 1 aromatic rings. The molecule has 0 aliphatic carbocycles. The van der Waals surface area contributed by atoms with Crippen molar-refractivity contribution in [3.8, 4) is 0 Å². The second-order valence-corrected chi connectivity index (χ2v) is 6.11. The van der Waals surface area contributed by atoms with Gasteiger partial charge in [-0.1, -0.05) is 30.3 Å². The molecule has 1 aromatic carbocycles. The van der Waals surface area contributed by atoms with Gasteiger partial charge in [0.15, 0.2) is 6.10 Å². The number of aliphatic hydroxyl groups excluding tert-OH is 4. The summed E-state index contributed by atoms with van der Waals surface area (Å²) in [7, 11) is 0. The van der Waals surface area contributed by atoms with Gasteiger partial charge in [0, 0.05) is 6.42 Å². The van der Waals surface area contributed by atoms with Crippen LogP contribution in [0.2, 0.25) is 0 Å². The first-order valence-corrected chi connectivity index (χ1v) is 8.13. The lowest BCUT2D eigenvalue weighted by Gasteiger charge is -2.37. The van der Waals surface area contributed by atoms with Crippen molar-refractivity contribution in [1.82, 2.24) is 0 Å². The lowest BCUT2D eigenvalue weighted by Crippen LogP contribution is -2.60. The third-order valence-corrected chi connectivity index (χ3v) is 4.06. The van der Waals surface area contributed by atoms with Gasteiger partial charge in [0.2, 0.25) is 6.29 Å². The molecule has 144 valence electrons.